The van der Waals surface area contributed by atoms with E-state index in [1.807, 2.05) is 54.5 Å². The topological polar surface area (TPSA) is 73.1 Å². The van der Waals surface area contributed by atoms with E-state index in [4.69, 9.17) is 4.74 Å². The van der Waals surface area contributed by atoms with E-state index >= 15 is 0 Å². The number of carbonyl (C=O) groups is 1. The standard InChI is InChI=1S/C18H21N5O2S2/c1-4-22(11-14-6-5-9-26-14)17(24)12-27-18-19-20-21-23(18)15-10-13(2)7-8-16(15)25-3/h5-10H,4,11-12H2,1-3H3. The molecule has 0 bridgehead atoms. The van der Waals surface area contributed by atoms with Crippen LogP contribution in [0.15, 0.2) is 40.9 Å². The Labute approximate surface area is 166 Å². The highest BCUT2D eigenvalue weighted by Crippen LogP contribution is 2.27. The van der Waals surface area contributed by atoms with Gasteiger partial charge in [-0.05, 0) is 53.4 Å². The summed E-state index contributed by atoms with van der Waals surface area (Å²) in [5.74, 6) is 1.00. The Morgan fingerprint density at radius 3 is 2.93 bits per heavy atom. The molecule has 0 N–H and O–H groups in total. The normalized spacial score (nSPS) is 10.8. The lowest BCUT2D eigenvalue weighted by Crippen LogP contribution is -2.31. The zero-order valence-corrected chi connectivity index (χ0v) is 17.1. The van der Waals surface area contributed by atoms with Gasteiger partial charge in [-0.1, -0.05) is 23.9 Å². The number of rotatable bonds is 8. The lowest BCUT2D eigenvalue weighted by atomic mass is 10.2. The van der Waals surface area contributed by atoms with Gasteiger partial charge in [0.25, 0.3) is 0 Å². The third-order valence-corrected chi connectivity index (χ3v) is 5.75. The number of thioether (sulfide) groups is 1. The minimum absolute atomic E-state index is 0.0571. The molecule has 3 rings (SSSR count). The van der Waals surface area contributed by atoms with Crippen molar-refractivity contribution in [1.29, 1.82) is 0 Å². The van der Waals surface area contributed by atoms with Crippen LogP contribution in [0.3, 0.4) is 0 Å². The van der Waals surface area contributed by atoms with Crippen LogP contribution < -0.4 is 4.74 Å². The van der Waals surface area contributed by atoms with E-state index in [-0.39, 0.29) is 11.7 Å². The van der Waals surface area contributed by atoms with Crippen molar-refractivity contribution in [3.63, 3.8) is 0 Å². The summed E-state index contributed by atoms with van der Waals surface area (Å²) in [6.45, 7) is 5.27. The lowest BCUT2D eigenvalue weighted by Gasteiger charge is -2.19. The largest absolute Gasteiger partial charge is 0.494 e. The molecule has 0 spiro atoms. The van der Waals surface area contributed by atoms with Crippen LogP contribution in [0.4, 0.5) is 0 Å². The Balaban J connectivity index is 1.71. The highest BCUT2D eigenvalue weighted by molar-refractivity contribution is 7.99. The third-order valence-electron chi connectivity index (χ3n) is 3.99. The number of aryl methyl sites for hydroxylation is 1. The fourth-order valence-corrected chi connectivity index (χ4v) is 4.08. The SMILES string of the molecule is CCN(Cc1cccs1)C(=O)CSc1nnnn1-c1cc(C)ccc1OC. The maximum absolute atomic E-state index is 12.6. The molecule has 0 saturated heterocycles. The molecule has 2 aromatic heterocycles. The molecule has 0 saturated carbocycles. The van der Waals surface area contributed by atoms with Gasteiger partial charge >= 0.3 is 0 Å². The van der Waals surface area contributed by atoms with Crippen molar-refractivity contribution in [3.8, 4) is 11.4 Å². The Kier molecular flexibility index (Phi) is 6.46. The average molecular weight is 404 g/mol. The van der Waals surface area contributed by atoms with E-state index < -0.39 is 0 Å². The summed E-state index contributed by atoms with van der Waals surface area (Å²) in [6, 6.07) is 9.84. The van der Waals surface area contributed by atoms with Crippen molar-refractivity contribution in [3.05, 3.63) is 46.2 Å². The molecule has 0 aliphatic carbocycles. The summed E-state index contributed by atoms with van der Waals surface area (Å²) >= 11 is 2.98. The molecule has 27 heavy (non-hydrogen) atoms. The molecule has 1 amide bonds. The molecule has 3 aromatic rings. The van der Waals surface area contributed by atoms with Crippen molar-refractivity contribution in [2.45, 2.75) is 25.5 Å². The Hall–Kier alpha value is -2.39. The van der Waals surface area contributed by atoms with Crippen LogP contribution in [-0.2, 0) is 11.3 Å². The molecule has 142 valence electrons. The monoisotopic (exact) mass is 403 g/mol. The Morgan fingerprint density at radius 2 is 2.22 bits per heavy atom. The van der Waals surface area contributed by atoms with Gasteiger partial charge in [0.05, 0.1) is 19.4 Å². The smallest absolute Gasteiger partial charge is 0.233 e. The highest BCUT2D eigenvalue weighted by atomic mass is 32.2. The van der Waals surface area contributed by atoms with Gasteiger partial charge in [-0.2, -0.15) is 4.68 Å². The molecule has 2 heterocycles. The van der Waals surface area contributed by atoms with Gasteiger partial charge in [0.1, 0.15) is 11.4 Å². The highest BCUT2D eigenvalue weighted by Gasteiger charge is 2.18. The maximum atomic E-state index is 12.6. The summed E-state index contributed by atoms with van der Waals surface area (Å²) < 4.78 is 7.03. The van der Waals surface area contributed by atoms with Crippen molar-refractivity contribution >= 4 is 29.0 Å². The number of tetrazole rings is 1. The van der Waals surface area contributed by atoms with Crippen LogP contribution in [0.1, 0.15) is 17.4 Å². The van der Waals surface area contributed by atoms with Gasteiger partial charge in [-0.3, -0.25) is 4.79 Å². The molecule has 0 atom stereocenters. The maximum Gasteiger partial charge on any atom is 0.233 e. The predicted molar refractivity (Wildman–Crippen MR) is 107 cm³/mol. The number of nitrogens with zero attached hydrogens (tertiary/aromatic N) is 5. The van der Waals surface area contributed by atoms with Crippen LogP contribution in [0.2, 0.25) is 0 Å². The van der Waals surface area contributed by atoms with Crippen molar-refractivity contribution in [2.24, 2.45) is 0 Å². The van der Waals surface area contributed by atoms with Gasteiger partial charge in [0, 0.05) is 11.4 Å². The van der Waals surface area contributed by atoms with E-state index in [2.05, 4.69) is 15.5 Å². The number of benzene rings is 1. The summed E-state index contributed by atoms with van der Waals surface area (Å²) in [4.78, 5) is 15.6. The molecule has 9 heteroatoms. The zero-order chi connectivity index (χ0) is 19.2. The fourth-order valence-electron chi connectivity index (χ4n) is 2.57. The molecule has 0 fully saturated rings. The Bertz CT molecular complexity index is 895. The number of aromatic nitrogens is 4. The van der Waals surface area contributed by atoms with E-state index in [1.54, 1.807) is 23.1 Å². The molecular weight excluding hydrogens is 382 g/mol. The lowest BCUT2D eigenvalue weighted by molar-refractivity contribution is -0.128. The number of hydrogen-bond acceptors (Lipinski definition) is 7. The Morgan fingerprint density at radius 1 is 1.37 bits per heavy atom. The van der Waals surface area contributed by atoms with Gasteiger partial charge in [0.15, 0.2) is 0 Å². The minimum Gasteiger partial charge on any atom is -0.494 e. The first-order valence-electron chi connectivity index (χ1n) is 8.48. The summed E-state index contributed by atoms with van der Waals surface area (Å²) in [5, 5.41) is 14.5. The summed E-state index contributed by atoms with van der Waals surface area (Å²) in [6.07, 6.45) is 0. The van der Waals surface area contributed by atoms with Crippen LogP contribution in [0, 0.1) is 6.92 Å². The summed E-state index contributed by atoms with van der Waals surface area (Å²) in [5.41, 5.74) is 1.82. The van der Waals surface area contributed by atoms with Crippen LogP contribution >= 0.6 is 23.1 Å². The van der Waals surface area contributed by atoms with Crippen LogP contribution in [0.5, 0.6) is 5.75 Å². The van der Waals surface area contributed by atoms with Crippen molar-refractivity contribution in [2.75, 3.05) is 19.4 Å². The zero-order valence-electron chi connectivity index (χ0n) is 15.5. The number of methoxy groups -OCH3 is 1. The van der Waals surface area contributed by atoms with E-state index in [1.165, 1.54) is 16.6 Å². The second-order valence-corrected chi connectivity index (χ2v) is 7.80. The molecule has 0 unspecified atom stereocenters. The van der Waals surface area contributed by atoms with E-state index in [0.717, 1.165) is 11.3 Å². The number of carbonyl (C=O) groups excluding carboxylic acids is 1. The minimum atomic E-state index is 0.0571. The molecule has 7 nitrogen and oxygen atoms in total. The first kappa shape index (κ1) is 19.4. The van der Waals surface area contributed by atoms with E-state index in [9.17, 15) is 4.79 Å². The number of ether oxygens (including phenoxy) is 1. The molecule has 0 radical (unpaired) electrons. The fraction of sp³-hybridized carbons (Fsp3) is 0.333. The molecule has 0 aliphatic heterocycles. The van der Waals surface area contributed by atoms with Gasteiger partial charge in [-0.25, -0.2) is 0 Å². The van der Waals surface area contributed by atoms with Gasteiger partial charge < -0.3 is 9.64 Å². The van der Waals surface area contributed by atoms with Crippen molar-refractivity contribution in [1.82, 2.24) is 25.1 Å². The number of hydrogen-bond donors (Lipinski definition) is 0. The molecular formula is C18H21N5O2S2. The van der Waals surface area contributed by atoms with Crippen LogP contribution in [-0.4, -0.2) is 50.4 Å². The van der Waals surface area contributed by atoms with Gasteiger partial charge in [0.2, 0.25) is 11.1 Å². The number of thiophene rings is 1. The van der Waals surface area contributed by atoms with Gasteiger partial charge in [-0.15, -0.1) is 16.4 Å². The predicted octanol–water partition coefficient (Wildman–Crippen LogP) is 3.18. The molecule has 1 aromatic carbocycles. The average Bonchev–Trinajstić information content (AvgIpc) is 3.35. The second-order valence-electron chi connectivity index (χ2n) is 5.82. The summed E-state index contributed by atoms with van der Waals surface area (Å²) in [7, 11) is 1.61. The van der Waals surface area contributed by atoms with Crippen LogP contribution in [0.25, 0.3) is 5.69 Å². The second kappa shape index (κ2) is 9.01. The van der Waals surface area contributed by atoms with Crippen molar-refractivity contribution < 1.29 is 9.53 Å². The number of amides is 1. The molecule has 0 aliphatic rings. The third kappa shape index (κ3) is 4.67. The van der Waals surface area contributed by atoms with E-state index in [0.29, 0.717) is 24.0 Å². The first-order chi connectivity index (χ1) is 13.1. The first-order valence-corrected chi connectivity index (χ1v) is 10.3. The quantitative estimate of drug-likeness (QED) is 0.538.